The number of fused-ring (bicyclic) bond motifs is 1. The minimum Gasteiger partial charge on any atom is -0.493 e. The Morgan fingerprint density at radius 3 is 2.69 bits per heavy atom. The van der Waals surface area contributed by atoms with Crippen LogP contribution in [0.3, 0.4) is 0 Å². The van der Waals surface area contributed by atoms with Crippen LogP contribution >= 0.6 is 0 Å². The third kappa shape index (κ3) is 3.80. The Kier molecular flexibility index (Phi) is 5.06. The van der Waals surface area contributed by atoms with Gasteiger partial charge in [0.15, 0.2) is 0 Å². The van der Waals surface area contributed by atoms with E-state index < -0.39 is 35.8 Å². The Bertz CT molecular complexity index is 1000. The first-order valence-corrected chi connectivity index (χ1v) is 11.5. The maximum absolute atomic E-state index is 15.1. The molecule has 5 nitrogen and oxygen atoms in total. The van der Waals surface area contributed by atoms with E-state index in [1.807, 2.05) is 0 Å². The summed E-state index contributed by atoms with van der Waals surface area (Å²) >= 11 is 0. The molecule has 7 heteroatoms. The van der Waals surface area contributed by atoms with Gasteiger partial charge in [-0.25, -0.2) is 13.6 Å². The first-order chi connectivity index (χ1) is 15.2. The van der Waals surface area contributed by atoms with Crippen LogP contribution in [0.25, 0.3) is 0 Å². The third-order valence-corrected chi connectivity index (χ3v) is 7.66. The molecule has 3 aliphatic carbocycles. The lowest BCUT2D eigenvalue weighted by Gasteiger charge is -2.31. The quantitative estimate of drug-likeness (QED) is 0.644. The molecule has 1 amide bonds. The van der Waals surface area contributed by atoms with Gasteiger partial charge < -0.3 is 14.7 Å². The molecule has 1 N–H and O–H groups in total. The Hall–Kier alpha value is -2.44. The van der Waals surface area contributed by atoms with E-state index in [4.69, 9.17) is 4.74 Å². The minimum atomic E-state index is -1.45. The number of hydrogen-bond acceptors (Lipinski definition) is 3. The molecule has 1 aliphatic heterocycles. The highest BCUT2D eigenvalue weighted by atomic mass is 19.1. The number of allylic oxidation sites excluding steroid dienone is 2. The second-order valence-electron chi connectivity index (χ2n) is 10.4. The highest BCUT2D eigenvalue weighted by Crippen LogP contribution is 2.52. The van der Waals surface area contributed by atoms with Crippen molar-refractivity contribution in [2.45, 2.75) is 64.1 Å². The van der Waals surface area contributed by atoms with E-state index in [1.165, 1.54) is 25.5 Å². The molecule has 5 rings (SSSR count). The van der Waals surface area contributed by atoms with E-state index in [2.05, 4.69) is 13.0 Å². The van der Waals surface area contributed by atoms with Crippen LogP contribution in [0.1, 0.15) is 67.8 Å². The van der Waals surface area contributed by atoms with Crippen LogP contribution < -0.4 is 4.74 Å². The first-order valence-electron chi connectivity index (χ1n) is 11.5. The standard InChI is InChI=1S/C25H29F2NO4/c1-13-20(27)11-28(22(13)24(30)31)23(29)18-8-17(14-3-4-14)21(9-19(18)26)32-12-25(2)6-5-15-7-16(15)10-25/h5,8-9,13-14,16,20,22H,3-4,6-7,10-12H2,1-2H3,(H,30,31)/t13-,16?,20-,22-,25?/m0/s1. The first kappa shape index (κ1) is 21.4. The predicted octanol–water partition coefficient (Wildman–Crippen LogP) is 4.71. The van der Waals surface area contributed by atoms with Crippen molar-refractivity contribution < 1.29 is 28.2 Å². The van der Waals surface area contributed by atoms with Crippen LogP contribution in [0.2, 0.25) is 0 Å². The second-order valence-corrected chi connectivity index (χ2v) is 10.4. The summed E-state index contributed by atoms with van der Waals surface area (Å²) in [6.07, 6.45) is 5.93. The summed E-state index contributed by atoms with van der Waals surface area (Å²) in [5.41, 5.74) is 2.13. The van der Waals surface area contributed by atoms with Crippen molar-refractivity contribution in [3.05, 3.63) is 40.7 Å². The highest BCUT2D eigenvalue weighted by molar-refractivity contribution is 5.97. The van der Waals surface area contributed by atoms with Crippen molar-refractivity contribution >= 4 is 11.9 Å². The molecule has 172 valence electrons. The second kappa shape index (κ2) is 7.56. The number of hydrogen-bond donors (Lipinski definition) is 1. The zero-order chi connectivity index (χ0) is 22.8. The molecule has 5 atom stereocenters. The maximum atomic E-state index is 15.1. The molecule has 1 aromatic carbocycles. The number of carbonyl (C=O) groups is 2. The molecular formula is C25H29F2NO4. The molecule has 0 aromatic heterocycles. The SMILES string of the molecule is C[C@@H]1[C@@H](C(=O)O)N(C(=O)c2cc(C3CC3)c(OCC3(C)CC=C4CC4C3)cc2F)C[C@@H]1F. The van der Waals surface area contributed by atoms with Gasteiger partial charge in [-0.1, -0.05) is 25.5 Å². The lowest BCUT2D eigenvalue weighted by Crippen LogP contribution is -2.43. The number of likely N-dealkylation sites (tertiary alicyclic amines) is 1. The van der Waals surface area contributed by atoms with Crippen molar-refractivity contribution in [3.63, 3.8) is 0 Å². The van der Waals surface area contributed by atoms with Crippen molar-refractivity contribution in [1.29, 1.82) is 0 Å². The van der Waals surface area contributed by atoms with E-state index >= 15 is 4.39 Å². The Morgan fingerprint density at radius 1 is 1.28 bits per heavy atom. The summed E-state index contributed by atoms with van der Waals surface area (Å²) in [7, 11) is 0. The van der Waals surface area contributed by atoms with Gasteiger partial charge in [0.2, 0.25) is 0 Å². The van der Waals surface area contributed by atoms with Gasteiger partial charge in [0, 0.05) is 17.4 Å². The van der Waals surface area contributed by atoms with Gasteiger partial charge in [-0.15, -0.1) is 0 Å². The summed E-state index contributed by atoms with van der Waals surface area (Å²) in [6, 6.07) is 1.46. The van der Waals surface area contributed by atoms with E-state index in [-0.39, 0.29) is 23.4 Å². The van der Waals surface area contributed by atoms with Crippen molar-refractivity contribution in [1.82, 2.24) is 4.90 Å². The Morgan fingerprint density at radius 2 is 2.03 bits per heavy atom. The molecule has 1 aromatic rings. The molecule has 32 heavy (non-hydrogen) atoms. The topological polar surface area (TPSA) is 66.8 Å². The van der Waals surface area contributed by atoms with Crippen LogP contribution in [0, 0.1) is 23.1 Å². The fourth-order valence-corrected chi connectivity index (χ4v) is 5.35. The molecular weight excluding hydrogens is 416 g/mol. The zero-order valence-electron chi connectivity index (χ0n) is 18.4. The summed E-state index contributed by atoms with van der Waals surface area (Å²) < 4.78 is 35.4. The van der Waals surface area contributed by atoms with Crippen LogP contribution in [-0.2, 0) is 4.79 Å². The van der Waals surface area contributed by atoms with Crippen molar-refractivity contribution in [2.75, 3.05) is 13.2 Å². The van der Waals surface area contributed by atoms with E-state index in [9.17, 15) is 19.1 Å². The maximum Gasteiger partial charge on any atom is 0.326 e. The van der Waals surface area contributed by atoms with Gasteiger partial charge >= 0.3 is 5.97 Å². The molecule has 0 bridgehead atoms. The average molecular weight is 446 g/mol. The molecule has 3 fully saturated rings. The van der Waals surface area contributed by atoms with Crippen molar-refractivity contribution in [3.8, 4) is 5.75 Å². The van der Waals surface area contributed by atoms with Gasteiger partial charge in [0.05, 0.1) is 18.7 Å². The molecule has 1 saturated heterocycles. The number of ether oxygens (including phenoxy) is 1. The number of rotatable bonds is 6. The lowest BCUT2D eigenvalue weighted by molar-refractivity contribution is -0.142. The van der Waals surface area contributed by atoms with Crippen LogP contribution in [0.5, 0.6) is 5.75 Å². The molecule has 1 heterocycles. The number of carbonyl (C=O) groups excluding carboxylic acids is 1. The van der Waals surface area contributed by atoms with Gasteiger partial charge in [-0.3, -0.25) is 4.79 Å². The number of halogens is 2. The van der Waals surface area contributed by atoms with Gasteiger partial charge in [0.1, 0.15) is 23.8 Å². The molecule has 2 saturated carbocycles. The summed E-state index contributed by atoms with van der Waals surface area (Å²) in [4.78, 5) is 25.7. The molecule has 4 aliphatic rings. The number of nitrogens with zero attached hydrogens (tertiary/aromatic N) is 1. The van der Waals surface area contributed by atoms with E-state index in [1.54, 1.807) is 5.57 Å². The van der Waals surface area contributed by atoms with Gasteiger partial charge in [-0.2, -0.15) is 0 Å². The van der Waals surface area contributed by atoms with E-state index in [0.29, 0.717) is 18.3 Å². The largest absolute Gasteiger partial charge is 0.493 e. The molecule has 0 radical (unpaired) electrons. The van der Waals surface area contributed by atoms with Crippen LogP contribution in [0.4, 0.5) is 8.78 Å². The fraction of sp³-hybridized carbons (Fsp3) is 0.600. The van der Waals surface area contributed by atoms with Crippen LogP contribution in [-0.4, -0.2) is 47.2 Å². The highest BCUT2D eigenvalue weighted by Gasteiger charge is 2.47. The zero-order valence-corrected chi connectivity index (χ0v) is 18.4. The number of amides is 1. The fourth-order valence-electron chi connectivity index (χ4n) is 5.35. The van der Waals surface area contributed by atoms with Gasteiger partial charge in [-0.05, 0) is 55.6 Å². The Balaban J connectivity index is 1.39. The van der Waals surface area contributed by atoms with Crippen molar-refractivity contribution in [2.24, 2.45) is 17.3 Å². The normalized spacial score (nSPS) is 33.5. The number of benzene rings is 1. The predicted molar refractivity (Wildman–Crippen MR) is 114 cm³/mol. The van der Waals surface area contributed by atoms with E-state index in [0.717, 1.165) is 36.1 Å². The molecule has 0 spiro atoms. The third-order valence-electron chi connectivity index (χ3n) is 7.66. The Labute approximate surface area is 186 Å². The van der Waals surface area contributed by atoms with Crippen LogP contribution in [0.15, 0.2) is 23.8 Å². The summed E-state index contributed by atoms with van der Waals surface area (Å²) in [5, 5.41) is 9.50. The number of alkyl halides is 1. The number of carboxylic acid groups (broad SMARTS) is 1. The molecule has 2 unspecified atom stereocenters. The smallest absolute Gasteiger partial charge is 0.326 e. The van der Waals surface area contributed by atoms with Gasteiger partial charge in [0.25, 0.3) is 5.91 Å². The minimum absolute atomic E-state index is 0.00694. The summed E-state index contributed by atoms with van der Waals surface area (Å²) in [5.74, 6) is -2.33. The average Bonchev–Trinajstić information content (AvgIpc) is 3.65. The summed E-state index contributed by atoms with van der Waals surface area (Å²) in [6.45, 7) is 3.79. The lowest BCUT2D eigenvalue weighted by atomic mass is 9.79. The number of aliphatic carboxylic acids is 1. The number of carboxylic acids is 1. The monoisotopic (exact) mass is 445 g/mol.